The number of carbonyl (C=O) groups is 3. The van der Waals surface area contributed by atoms with Crippen LogP contribution < -0.4 is 21.3 Å². The third-order valence-corrected chi connectivity index (χ3v) is 3.94. The SMILES string of the molecule is O=C(O)CN1CNC2C(=O)NC(NC(=O)OCc3ccccc3)NC21. The first kappa shape index (κ1) is 17.1. The van der Waals surface area contributed by atoms with Gasteiger partial charge in [-0.3, -0.25) is 30.4 Å². The van der Waals surface area contributed by atoms with Crippen molar-refractivity contribution in [3.05, 3.63) is 35.9 Å². The molecule has 0 saturated carbocycles. The molecule has 0 bridgehead atoms. The zero-order valence-corrected chi connectivity index (χ0v) is 13.3. The number of amides is 2. The topological polar surface area (TPSA) is 132 Å². The van der Waals surface area contributed by atoms with Crippen molar-refractivity contribution in [2.45, 2.75) is 25.1 Å². The minimum atomic E-state index is -0.998. The highest BCUT2D eigenvalue weighted by Crippen LogP contribution is 2.13. The van der Waals surface area contributed by atoms with Crippen LogP contribution >= 0.6 is 0 Å². The van der Waals surface area contributed by atoms with Crippen molar-refractivity contribution in [3.63, 3.8) is 0 Å². The van der Waals surface area contributed by atoms with Crippen LogP contribution in [-0.4, -0.2) is 59.7 Å². The molecule has 10 nitrogen and oxygen atoms in total. The summed E-state index contributed by atoms with van der Waals surface area (Å²) in [6, 6.07) is 8.60. The maximum atomic E-state index is 12.1. The highest BCUT2D eigenvalue weighted by molar-refractivity contribution is 5.84. The van der Waals surface area contributed by atoms with E-state index in [1.54, 1.807) is 4.90 Å². The lowest BCUT2D eigenvalue weighted by atomic mass is 10.2. The average Bonchev–Trinajstić information content (AvgIpc) is 2.97. The van der Waals surface area contributed by atoms with Gasteiger partial charge < -0.3 is 15.2 Å². The molecule has 1 aromatic carbocycles. The van der Waals surface area contributed by atoms with Gasteiger partial charge in [-0.2, -0.15) is 0 Å². The smallest absolute Gasteiger partial charge is 0.410 e. The third-order valence-electron chi connectivity index (χ3n) is 3.94. The van der Waals surface area contributed by atoms with Crippen molar-refractivity contribution >= 4 is 18.0 Å². The molecule has 3 unspecified atom stereocenters. The maximum absolute atomic E-state index is 12.1. The second-order valence-corrected chi connectivity index (χ2v) is 5.74. The van der Waals surface area contributed by atoms with Crippen LogP contribution in [0.3, 0.4) is 0 Å². The second kappa shape index (κ2) is 7.47. The molecule has 2 fully saturated rings. The summed E-state index contributed by atoms with van der Waals surface area (Å²) in [5.74, 6) is -1.33. The summed E-state index contributed by atoms with van der Waals surface area (Å²) in [5.41, 5.74) is 0.839. The molecule has 2 heterocycles. The van der Waals surface area contributed by atoms with E-state index in [0.717, 1.165) is 5.56 Å². The third kappa shape index (κ3) is 4.24. The molecule has 2 aliphatic rings. The fraction of sp³-hybridized carbons (Fsp3) is 0.400. The van der Waals surface area contributed by atoms with Crippen LogP contribution in [0.15, 0.2) is 30.3 Å². The van der Waals surface area contributed by atoms with Gasteiger partial charge in [0.2, 0.25) is 5.91 Å². The number of ether oxygens (including phenoxy) is 1. The summed E-state index contributed by atoms with van der Waals surface area (Å²) in [7, 11) is 0. The summed E-state index contributed by atoms with van der Waals surface area (Å²) in [6.07, 6.45) is -2.09. The lowest BCUT2D eigenvalue weighted by Gasteiger charge is -2.36. The van der Waals surface area contributed by atoms with Crippen LogP contribution in [0.1, 0.15) is 5.56 Å². The number of aliphatic carboxylic acids is 1. The van der Waals surface area contributed by atoms with Crippen LogP contribution in [0.5, 0.6) is 0 Å². The Balaban J connectivity index is 1.53. The first-order valence-electron chi connectivity index (χ1n) is 7.76. The van der Waals surface area contributed by atoms with Gasteiger partial charge in [-0.1, -0.05) is 30.3 Å². The number of nitrogens with one attached hydrogen (secondary N) is 4. The van der Waals surface area contributed by atoms with E-state index in [2.05, 4.69) is 21.3 Å². The van der Waals surface area contributed by atoms with Gasteiger partial charge in [0.25, 0.3) is 0 Å². The van der Waals surface area contributed by atoms with Crippen LogP contribution in [0.25, 0.3) is 0 Å². The Bertz CT molecular complexity index is 655. The highest BCUT2D eigenvalue weighted by Gasteiger charge is 2.44. The molecule has 0 aliphatic carbocycles. The fourth-order valence-corrected chi connectivity index (χ4v) is 2.81. The summed E-state index contributed by atoms with van der Waals surface area (Å²) in [6.45, 7) is 0.138. The van der Waals surface area contributed by atoms with Crippen molar-refractivity contribution < 1.29 is 24.2 Å². The van der Waals surface area contributed by atoms with Gasteiger partial charge in [0.15, 0.2) is 6.29 Å². The van der Waals surface area contributed by atoms with Crippen LogP contribution in [0, 0.1) is 0 Å². The summed E-state index contributed by atoms with van der Waals surface area (Å²) >= 11 is 0. The molecule has 3 rings (SSSR count). The highest BCUT2D eigenvalue weighted by atomic mass is 16.5. The zero-order chi connectivity index (χ0) is 17.8. The van der Waals surface area contributed by atoms with Crippen LogP contribution in [0.2, 0.25) is 0 Å². The van der Waals surface area contributed by atoms with E-state index in [1.807, 2.05) is 30.3 Å². The Morgan fingerprint density at radius 2 is 2.08 bits per heavy atom. The number of nitrogens with zero attached hydrogens (tertiary/aromatic N) is 1. The molecule has 2 saturated heterocycles. The van der Waals surface area contributed by atoms with Gasteiger partial charge >= 0.3 is 12.1 Å². The molecule has 3 atom stereocenters. The van der Waals surface area contributed by atoms with E-state index < -0.39 is 30.6 Å². The predicted molar refractivity (Wildman–Crippen MR) is 84.7 cm³/mol. The van der Waals surface area contributed by atoms with Crippen LogP contribution in [0.4, 0.5) is 4.79 Å². The molecular formula is C15H19N5O5. The van der Waals surface area contributed by atoms with Gasteiger partial charge in [-0.15, -0.1) is 0 Å². The van der Waals surface area contributed by atoms with Crippen molar-refractivity contribution in [2.24, 2.45) is 0 Å². The number of fused-ring (bicyclic) bond motifs is 1. The number of alkyl carbamates (subject to hydrolysis) is 1. The Labute approximate surface area is 143 Å². The molecule has 5 N–H and O–H groups in total. The average molecular weight is 349 g/mol. The van der Waals surface area contributed by atoms with Crippen molar-refractivity contribution in [1.29, 1.82) is 0 Å². The predicted octanol–water partition coefficient (Wildman–Crippen LogP) is -1.44. The Morgan fingerprint density at radius 3 is 2.80 bits per heavy atom. The second-order valence-electron chi connectivity index (χ2n) is 5.74. The number of benzene rings is 1. The van der Waals surface area contributed by atoms with Crippen molar-refractivity contribution in [1.82, 2.24) is 26.2 Å². The van der Waals surface area contributed by atoms with E-state index in [1.165, 1.54) is 0 Å². The van der Waals surface area contributed by atoms with Gasteiger partial charge in [-0.05, 0) is 5.56 Å². The molecular weight excluding hydrogens is 330 g/mol. The summed E-state index contributed by atoms with van der Waals surface area (Å²) in [5, 5.41) is 19.9. The quantitative estimate of drug-likeness (QED) is 0.437. The van der Waals surface area contributed by atoms with E-state index in [4.69, 9.17) is 9.84 Å². The number of hydrogen-bond donors (Lipinski definition) is 5. The van der Waals surface area contributed by atoms with Gasteiger partial charge in [-0.25, -0.2) is 4.79 Å². The molecule has 2 aliphatic heterocycles. The molecule has 1 aromatic rings. The van der Waals surface area contributed by atoms with Crippen molar-refractivity contribution in [3.8, 4) is 0 Å². The molecule has 134 valence electrons. The fourth-order valence-electron chi connectivity index (χ4n) is 2.81. The molecule has 0 aromatic heterocycles. The van der Waals surface area contributed by atoms with Gasteiger partial charge in [0, 0.05) is 0 Å². The normalized spacial score (nSPS) is 25.8. The number of hydrogen-bond acceptors (Lipinski definition) is 7. The van der Waals surface area contributed by atoms with E-state index in [9.17, 15) is 14.4 Å². The van der Waals surface area contributed by atoms with Crippen LogP contribution in [-0.2, 0) is 20.9 Å². The summed E-state index contributed by atoms with van der Waals surface area (Å²) in [4.78, 5) is 36.5. The van der Waals surface area contributed by atoms with E-state index >= 15 is 0 Å². The lowest BCUT2D eigenvalue weighted by molar-refractivity contribution is -0.139. The first-order valence-corrected chi connectivity index (χ1v) is 7.76. The Kier molecular flexibility index (Phi) is 5.12. The number of carboxylic acid groups (broad SMARTS) is 1. The van der Waals surface area contributed by atoms with E-state index in [0.29, 0.717) is 0 Å². The van der Waals surface area contributed by atoms with Crippen molar-refractivity contribution in [2.75, 3.05) is 13.2 Å². The molecule has 25 heavy (non-hydrogen) atoms. The molecule has 0 spiro atoms. The monoisotopic (exact) mass is 349 g/mol. The molecule has 10 heteroatoms. The first-order chi connectivity index (χ1) is 12.0. The number of carboxylic acids is 1. The van der Waals surface area contributed by atoms with E-state index in [-0.39, 0.29) is 25.7 Å². The minimum absolute atomic E-state index is 0.103. The Hall–Kier alpha value is -2.69. The zero-order valence-electron chi connectivity index (χ0n) is 13.3. The molecule has 2 amide bonds. The maximum Gasteiger partial charge on any atom is 0.410 e. The van der Waals surface area contributed by atoms with Gasteiger partial charge in [0.05, 0.1) is 19.4 Å². The number of carbonyl (C=O) groups excluding carboxylic acids is 2. The standard InChI is InChI=1S/C15H19N5O5/c21-10(22)6-20-8-16-11-12(20)17-14(18-13(11)23)19-15(24)25-7-9-4-2-1-3-5-9/h1-5,11-12,14,16-17H,6-8H2,(H,18,23)(H,19,24)(H,21,22). The Morgan fingerprint density at radius 1 is 1.32 bits per heavy atom. The lowest BCUT2D eigenvalue weighted by Crippen LogP contribution is -2.71. The number of rotatable bonds is 5. The summed E-state index contributed by atoms with van der Waals surface area (Å²) < 4.78 is 5.10. The minimum Gasteiger partial charge on any atom is -0.480 e. The largest absolute Gasteiger partial charge is 0.480 e. The van der Waals surface area contributed by atoms with Gasteiger partial charge in [0.1, 0.15) is 12.6 Å². The molecule has 0 radical (unpaired) electrons.